The molecule has 0 fully saturated rings. The van der Waals surface area contributed by atoms with E-state index in [1.54, 1.807) is 7.11 Å². The number of amides is 1. The van der Waals surface area contributed by atoms with Crippen LogP contribution in [-0.2, 0) is 4.79 Å². The maximum atomic E-state index is 11.0. The number of nitrogens with two attached hydrogens (primary N) is 1. The summed E-state index contributed by atoms with van der Waals surface area (Å²) >= 11 is 1.53. The van der Waals surface area contributed by atoms with Gasteiger partial charge in [0, 0.05) is 17.9 Å². The number of carbonyl (C=O) groups is 1. The number of benzene rings is 2. The Morgan fingerprint density at radius 2 is 1.96 bits per heavy atom. The van der Waals surface area contributed by atoms with Crippen LogP contribution in [0.4, 0.5) is 0 Å². The maximum Gasteiger partial charge on any atom is 0.218 e. The second-order valence-electron chi connectivity index (χ2n) is 4.98. The minimum absolute atomic E-state index is 0.301. The number of para-hydroxylation sites is 2. The van der Waals surface area contributed by atoms with Crippen LogP contribution in [0.15, 0.2) is 53.7 Å². The van der Waals surface area contributed by atoms with Gasteiger partial charge in [0.2, 0.25) is 5.91 Å². The quantitative estimate of drug-likeness (QED) is 0.707. The first-order chi connectivity index (χ1) is 11.2. The number of fused-ring (bicyclic) bond motifs is 1. The Kier molecular flexibility index (Phi) is 4.52. The van der Waals surface area contributed by atoms with Crippen molar-refractivity contribution in [1.29, 1.82) is 0 Å². The molecule has 6 heteroatoms. The zero-order chi connectivity index (χ0) is 16.2. The Morgan fingerprint density at radius 3 is 2.65 bits per heavy atom. The summed E-state index contributed by atoms with van der Waals surface area (Å²) in [6.45, 7) is 0. The molecule has 0 aliphatic rings. The number of aromatic nitrogens is 2. The van der Waals surface area contributed by atoms with Crippen molar-refractivity contribution < 1.29 is 9.53 Å². The number of hydrogen-bond acceptors (Lipinski definition) is 4. The van der Waals surface area contributed by atoms with Crippen LogP contribution >= 0.6 is 11.8 Å². The Labute approximate surface area is 138 Å². The minimum atomic E-state index is -0.301. The van der Waals surface area contributed by atoms with Gasteiger partial charge in [-0.15, -0.1) is 0 Å². The number of carbonyl (C=O) groups excluding carboxylic acids is 1. The number of thioether (sulfide) groups is 1. The number of primary amides is 1. The van der Waals surface area contributed by atoms with Gasteiger partial charge >= 0.3 is 0 Å². The lowest BCUT2D eigenvalue weighted by Crippen LogP contribution is -2.11. The highest BCUT2D eigenvalue weighted by Crippen LogP contribution is 2.29. The highest BCUT2D eigenvalue weighted by molar-refractivity contribution is 7.99. The fraction of sp³-hybridized carbons (Fsp3) is 0.176. The highest BCUT2D eigenvalue weighted by Gasteiger charge is 2.13. The van der Waals surface area contributed by atoms with Gasteiger partial charge in [0.15, 0.2) is 5.16 Å². The van der Waals surface area contributed by atoms with Gasteiger partial charge in [-0.2, -0.15) is 0 Å². The van der Waals surface area contributed by atoms with Crippen LogP contribution in [0, 0.1) is 0 Å². The maximum absolute atomic E-state index is 11.0. The lowest BCUT2D eigenvalue weighted by molar-refractivity contribution is -0.117. The largest absolute Gasteiger partial charge is 0.497 e. The van der Waals surface area contributed by atoms with Crippen molar-refractivity contribution >= 4 is 28.7 Å². The van der Waals surface area contributed by atoms with Crippen molar-refractivity contribution in [2.45, 2.75) is 11.6 Å². The molecule has 1 heterocycles. The van der Waals surface area contributed by atoms with Gasteiger partial charge in [0.25, 0.3) is 0 Å². The number of hydrogen-bond donors (Lipinski definition) is 1. The molecule has 1 amide bonds. The Balaban J connectivity index is 2.02. The van der Waals surface area contributed by atoms with Gasteiger partial charge in [0.05, 0.1) is 18.1 Å². The van der Waals surface area contributed by atoms with Crippen LogP contribution in [0.3, 0.4) is 0 Å². The van der Waals surface area contributed by atoms with Gasteiger partial charge in [-0.1, -0.05) is 23.9 Å². The van der Waals surface area contributed by atoms with Crippen molar-refractivity contribution in [1.82, 2.24) is 9.55 Å². The second kappa shape index (κ2) is 6.75. The van der Waals surface area contributed by atoms with Crippen LogP contribution in [0.2, 0.25) is 0 Å². The van der Waals surface area contributed by atoms with E-state index in [9.17, 15) is 4.79 Å². The summed E-state index contributed by atoms with van der Waals surface area (Å²) in [6, 6.07) is 15.8. The number of methoxy groups -OCH3 is 1. The third-order valence-corrected chi connectivity index (χ3v) is 4.38. The van der Waals surface area contributed by atoms with Gasteiger partial charge < -0.3 is 10.5 Å². The lowest BCUT2D eigenvalue weighted by atomic mass is 10.2. The van der Waals surface area contributed by atoms with E-state index in [1.165, 1.54) is 11.8 Å². The average molecular weight is 327 g/mol. The van der Waals surface area contributed by atoms with Crippen molar-refractivity contribution in [2.24, 2.45) is 5.73 Å². The standard InChI is InChI=1S/C17H17N3O2S/c1-22-13-8-6-12(7-9-13)20-15-5-3-2-4-14(15)19-17(20)23-11-10-16(18)21/h2-9H,10-11H2,1H3,(H2,18,21). The minimum Gasteiger partial charge on any atom is -0.497 e. The molecular formula is C17H17N3O2S. The summed E-state index contributed by atoms with van der Waals surface area (Å²) in [4.78, 5) is 15.6. The normalized spacial score (nSPS) is 10.8. The summed E-state index contributed by atoms with van der Waals surface area (Å²) in [6.07, 6.45) is 0.330. The average Bonchev–Trinajstić information content (AvgIpc) is 2.93. The summed E-state index contributed by atoms with van der Waals surface area (Å²) in [5.74, 6) is 1.11. The van der Waals surface area contributed by atoms with Crippen molar-refractivity contribution in [3.63, 3.8) is 0 Å². The van der Waals surface area contributed by atoms with E-state index in [4.69, 9.17) is 10.5 Å². The molecule has 0 saturated heterocycles. The molecule has 2 aromatic carbocycles. The molecule has 0 atom stereocenters. The highest BCUT2D eigenvalue weighted by atomic mass is 32.2. The van der Waals surface area contributed by atoms with Gasteiger partial charge in [-0.25, -0.2) is 4.98 Å². The summed E-state index contributed by atoms with van der Waals surface area (Å²) in [5.41, 5.74) is 8.17. The molecule has 5 nitrogen and oxygen atoms in total. The molecule has 0 spiro atoms. The molecular weight excluding hydrogens is 310 g/mol. The van der Waals surface area contributed by atoms with E-state index in [0.717, 1.165) is 27.6 Å². The van der Waals surface area contributed by atoms with Crippen LogP contribution in [0.1, 0.15) is 6.42 Å². The zero-order valence-electron chi connectivity index (χ0n) is 12.7. The predicted molar refractivity (Wildman–Crippen MR) is 92.2 cm³/mol. The van der Waals surface area contributed by atoms with Gasteiger partial charge in [-0.05, 0) is 36.4 Å². The molecule has 0 aliphatic heterocycles. The number of rotatable bonds is 6. The molecule has 3 rings (SSSR count). The van der Waals surface area contributed by atoms with E-state index in [1.807, 2.05) is 48.5 Å². The molecule has 2 N–H and O–H groups in total. The Morgan fingerprint density at radius 1 is 1.22 bits per heavy atom. The van der Waals surface area contributed by atoms with Gasteiger partial charge in [0.1, 0.15) is 5.75 Å². The van der Waals surface area contributed by atoms with Crippen molar-refractivity contribution in [3.05, 3.63) is 48.5 Å². The fourth-order valence-electron chi connectivity index (χ4n) is 2.32. The molecule has 0 radical (unpaired) electrons. The first-order valence-electron chi connectivity index (χ1n) is 7.22. The summed E-state index contributed by atoms with van der Waals surface area (Å²) in [7, 11) is 1.65. The molecule has 0 unspecified atom stereocenters. The predicted octanol–water partition coefficient (Wildman–Crippen LogP) is 3.00. The van der Waals surface area contributed by atoms with Crippen molar-refractivity contribution in [2.75, 3.05) is 12.9 Å². The Bertz CT molecular complexity index is 827. The second-order valence-corrected chi connectivity index (χ2v) is 6.04. The molecule has 0 saturated carbocycles. The molecule has 118 valence electrons. The van der Waals surface area contributed by atoms with E-state index < -0.39 is 0 Å². The van der Waals surface area contributed by atoms with Gasteiger partial charge in [-0.3, -0.25) is 9.36 Å². The topological polar surface area (TPSA) is 70.1 Å². The fourth-order valence-corrected chi connectivity index (χ4v) is 3.31. The lowest BCUT2D eigenvalue weighted by Gasteiger charge is -2.09. The van der Waals surface area contributed by atoms with E-state index in [2.05, 4.69) is 9.55 Å². The van der Waals surface area contributed by atoms with Crippen LogP contribution in [0.25, 0.3) is 16.7 Å². The molecule has 3 aromatic rings. The summed E-state index contributed by atoms with van der Waals surface area (Å²) < 4.78 is 7.30. The van der Waals surface area contributed by atoms with Crippen LogP contribution in [-0.4, -0.2) is 28.3 Å². The van der Waals surface area contributed by atoms with E-state index in [-0.39, 0.29) is 5.91 Å². The first kappa shape index (κ1) is 15.4. The molecule has 0 bridgehead atoms. The third-order valence-electron chi connectivity index (χ3n) is 3.44. The monoisotopic (exact) mass is 327 g/mol. The number of ether oxygens (including phenoxy) is 1. The summed E-state index contributed by atoms with van der Waals surface area (Å²) in [5, 5.41) is 0.845. The molecule has 1 aromatic heterocycles. The van der Waals surface area contributed by atoms with E-state index in [0.29, 0.717) is 12.2 Å². The van der Waals surface area contributed by atoms with E-state index >= 15 is 0 Å². The zero-order valence-corrected chi connectivity index (χ0v) is 13.5. The molecule has 23 heavy (non-hydrogen) atoms. The van der Waals surface area contributed by atoms with Crippen molar-refractivity contribution in [3.8, 4) is 11.4 Å². The van der Waals surface area contributed by atoms with Crippen LogP contribution < -0.4 is 10.5 Å². The smallest absolute Gasteiger partial charge is 0.218 e. The Hall–Kier alpha value is -2.47. The first-order valence-corrected chi connectivity index (χ1v) is 8.20. The number of imidazole rings is 1. The SMILES string of the molecule is COc1ccc(-n2c(SCCC(N)=O)nc3ccccc32)cc1. The third kappa shape index (κ3) is 3.32. The molecule has 0 aliphatic carbocycles. The van der Waals surface area contributed by atoms with Crippen LogP contribution in [0.5, 0.6) is 5.75 Å². The number of nitrogens with zero attached hydrogens (tertiary/aromatic N) is 2.